The van der Waals surface area contributed by atoms with E-state index in [0.29, 0.717) is 17.4 Å². The van der Waals surface area contributed by atoms with Crippen molar-refractivity contribution in [1.82, 2.24) is 9.88 Å². The lowest BCUT2D eigenvalue weighted by Crippen LogP contribution is -2.52. The molecule has 2 fully saturated rings. The fourth-order valence-corrected chi connectivity index (χ4v) is 4.04. The lowest BCUT2D eigenvalue weighted by Gasteiger charge is -2.48. The topological polar surface area (TPSA) is 25.4 Å². The minimum Gasteiger partial charge on any atom is -0.488 e. The summed E-state index contributed by atoms with van der Waals surface area (Å²) in [5.41, 5.74) is 1.51. The molecule has 0 aromatic carbocycles. The minimum atomic E-state index is 0.333. The Morgan fingerprint density at radius 2 is 2.41 bits per heavy atom. The third kappa shape index (κ3) is 1.18. The molecule has 3 nitrogen and oxygen atoms in total. The van der Waals surface area contributed by atoms with Gasteiger partial charge in [-0.25, -0.2) is 0 Å². The van der Waals surface area contributed by atoms with E-state index in [4.69, 9.17) is 4.74 Å². The largest absolute Gasteiger partial charge is 0.488 e. The first-order chi connectivity index (χ1) is 8.29. The van der Waals surface area contributed by atoms with Crippen LogP contribution in [-0.2, 0) is 0 Å². The fraction of sp³-hybridized carbons (Fsp3) is 0.643. The Bertz CT molecular complexity index is 461. The summed E-state index contributed by atoms with van der Waals surface area (Å²) in [5.74, 6) is 1.55. The molecule has 2 saturated heterocycles. The second-order valence-corrected chi connectivity index (χ2v) is 5.76. The average Bonchev–Trinajstić information content (AvgIpc) is 2.71. The molecule has 1 aromatic rings. The van der Waals surface area contributed by atoms with Crippen molar-refractivity contribution in [1.29, 1.82) is 0 Å². The van der Waals surface area contributed by atoms with Crippen molar-refractivity contribution in [2.24, 2.45) is 5.41 Å². The molecule has 1 aromatic heterocycles. The first-order valence-corrected chi connectivity index (χ1v) is 6.63. The first kappa shape index (κ1) is 9.89. The van der Waals surface area contributed by atoms with Crippen LogP contribution in [0.25, 0.3) is 0 Å². The quantitative estimate of drug-likeness (QED) is 0.682. The molecule has 2 bridgehead atoms. The number of rotatable bonds is 0. The van der Waals surface area contributed by atoms with Crippen molar-refractivity contribution in [3.63, 3.8) is 0 Å². The van der Waals surface area contributed by atoms with Crippen LogP contribution in [0.4, 0.5) is 0 Å². The molecular formula is C14H18N2O. The van der Waals surface area contributed by atoms with Gasteiger partial charge in [0.15, 0.2) is 0 Å². The second-order valence-electron chi connectivity index (χ2n) is 5.76. The van der Waals surface area contributed by atoms with Crippen molar-refractivity contribution in [3.05, 3.63) is 24.0 Å². The molecule has 0 N–H and O–H groups in total. The molecule has 0 radical (unpaired) electrons. The zero-order valence-electron chi connectivity index (χ0n) is 10.2. The SMILES string of the molecule is C[C@H]1c2ncccc2O[C@H]2CCN3CCC21C3. The maximum Gasteiger partial charge on any atom is 0.141 e. The minimum absolute atomic E-state index is 0.333. The normalized spacial score (nSPS) is 42.5. The summed E-state index contributed by atoms with van der Waals surface area (Å²) < 4.78 is 6.24. The second kappa shape index (κ2) is 3.22. The van der Waals surface area contributed by atoms with E-state index in [1.807, 2.05) is 12.3 Å². The number of aromatic nitrogens is 1. The van der Waals surface area contributed by atoms with Gasteiger partial charge in [-0.1, -0.05) is 6.92 Å². The van der Waals surface area contributed by atoms with Gasteiger partial charge in [0, 0.05) is 30.6 Å². The average molecular weight is 230 g/mol. The van der Waals surface area contributed by atoms with Crippen LogP contribution in [0.3, 0.4) is 0 Å². The maximum atomic E-state index is 6.24. The number of nitrogens with zero attached hydrogens (tertiary/aromatic N) is 2. The number of pyridine rings is 1. The van der Waals surface area contributed by atoms with Crippen molar-refractivity contribution in [3.8, 4) is 5.75 Å². The molecule has 1 spiro atoms. The molecular weight excluding hydrogens is 212 g/mol. The van der Waals surface area contributed by atoms with Crippen LogP contribution in [0.2, 0.25) is 0 Å². The predicted molar refractivity (Wildman–Crippen MR) is 65.2 cm³/mol. The summed E-state index contributed by atoms with van der Waals surface area (Å²) in [7, 11) is 0. The Morgan fingerprint density at radius 3 is 3.35 bits per heavy atom. The predicted octanol–water partition coefficient (Wildman–Crippen LogP) is 2.04. The Kier molecular flexibility index (Phi) is 1.88. The lowest BCUT2D eigenvalue weighted by molar-refractivity contribution is -0.0196. The zero-order valence-corrected chi connectivity index (χ0v) is 10.2. The van der Waals surface area contributed by atoms with Crippen molar-refractivity contribution < 1.29 is 4.74 Å². The molecule has 3 aliphatic rings. The van der Waals surface area contributed by atoms with Crippen LogP contribution in [0.15, 0.2) is 18.3 Å². The van der Waals surface area contributed by atoms with E-state index in [2.05, 4.69) is 22.9 Å². The summed E-state index contributed by atoms with van der Waals surface area (Å²) >= 11 is 0. The smallest absolute Gasteiger partial charge is 0.141 e. The van der Waals surface area contributed by atoms with Gasteiger partial charge in [0.05, 0.1) is 5.69 Å². The van der Waals surface area contributed by atoms with Gasteiger partial charge in [0.25, 0.3) is 0 Å². The number of hydrogen-bond donors (Lipinski definition) is 0. The van der Waals surface area contributed by atoms with Gasteiger partial charge in [-0.15, -0.1) is 0 Å². The van der Waals surface area contributed by atoms with E-state index in [9.17, 15) is 0 Å². The van der Waals surface area contributed by atoms with Crippen LogP contribution in [-0.4, -0.2) is 35.6 Å². The summed E-state index contributed by atoms with van der Waals surface area (Å²) in [6.07, 6.45) is 4.76. The molecule has 90 valence electrons. The summed E-state index contributed by atoms with van der Waals surface area (Å²) in [6.45, 7) is 5.99. The van der Waals surface area contributed by atoms with Crippen LogP contribution in [0.5, 0.6) is 5.75 Å². The summed E-state index contributed by atoms with van der Waals surface area (Å²) in [4.78, 5) is 7.15. The van der Waals surface area contributed by atoms with E-state index in [1.54, 1.807) is 0 Å². The van der Waals surface area contributed by atoms with Gasteiger partial charge in [-0.05, 0) is 31.5 Å². The summed E-state index contributed by atoms with van der Waals surface area (Å²) in [6, 6.07) is 4.06. The van der Waals surface area contributed by atoms with Gasteiger partial charge < -0.3 is 9.64 Å². The van der Waals surface area contributed by atoms with E-state index in [0.717, 1.165) is 5.75 Å². The van der Waals surface area contributed by atoms with Crippen LogP contribution in [0.1, 0.15) is 31.4 Å². The number of ether oxygens (including phenoxy) is 1. The van der Waals surface area contributed by atoms with Crippen LogP contribution >= 0.6 is 0 Å². The van der Waals surface area contributed by atoms with Gasteiger partial charge in [0.2, 0.25) is 0 Å². The lowest BCUT2D eigenvalue weighted by atomic mass is 9.66. The van der Waals surface area contributed by atoms with Crippen molar-refractivity contribution in [2.75, 3.05) is 19.6 Å². The molecule has 4 atom stereocenters. The highest BCUT2D eigenvalue weighted by molar-refractivity contribution is 5.36. The first-order valence-electron chi connectivity index (χ1n) is 6.63. The third-order valence-electron chi connectivity index (χ3n) is 5.10. The zero-order chi connectivity index (χ0) is 11.5. The van der Waals surface area contributed by atoms with E-state index in [1.165, 1.54) is 38.2 Å². The van der Waals surface area contributed by atoms with Gasteiger partial charge >= 0.3 is 0 Å². The number of piperidine rings is 1. The molecule has 0 aliphatic carbocycles. The van der Waals surface area contributed by atoms with Gasteiger partial charge in [0.1, 0.15) is 11.9 Å². The van der Waals surface area contributed by atoms with Crippen molar-refractivity contribution in [2.45, 2.75) is 31.8 Å². The van der Waals surface area contributed by atoms with E-state index < -0.39 is 0 Å². The molecule has 2 unspecified atom stereocenters. The van der Waals surface area contributed by atoms with Crippen LogP contribution < -0.4 is 4.74 Å². The van der Waals surface area contributed by atoms with Crippen molar-refractivity contribution >= 4 is 0 Å². The molecule has 3 heteroatoms. The Labute approximate surface area is 102 Å². The molecule has 0 saturated carbocycles. The Balaban J connectivity index is 1.84. The molecule has 0 amide bonds. The van der Waals surface area contributed by atoms with E-state index >= 15 is 0 Å². The van der Waals surface area contributed by atoms with E-state index in [-0.39, 0.29) is 0 Å². The highest BCUT2D eigenvalue weighted by Gasteiger charge is 2.55. The highest BCUT2D eigenvalue weighted by Crippen LogP contribution is 2.54. The Hall–Kier alpha value is -1.09. The number of hydrogen-bond acceptors (Lipinski definition) is 3. The molecule has 4 rings (SSSR count). The Morgan fingerprint density at radius 1 is 1.47 bits per heavy atom. The van der Waals surface area contributed by atoms with Gasteiger partial charge in [-0.2, -0.15) is 0 Å². The maximum absolute atomic E-state index is 6.24. The standard InChI is InChI=1S/C14H18N2O/c1-10-13-11(3-2-6-15-13)17-12-4-7-16-8-5-14(10,12)9-16/h2-3,6,10,12H,4-5,7-9H2,1H3/t10-,12-,14?/m0/s1. The number of fused-ring (bicyclic) bond motifs is 2. The molecule has 4 heterocycles. The monoisotopic (exact) mass is 230 g/mol. The molecule has 3 aliphatic heterocycles. The molecule has 17 heavy (non-hydrogen) atoms. The fourth-order valence-electron chi connectivity index (χ4n) is 4.04. The van der Waals surface area contributed by atoms with Crippen LogP contribution in [0, 0.1) is 5.41 Å². The highest BCUT2D eigenvalue weighted by atomic mass is 16.5. The van der Waals surface area contributed by atoms with Gasteiger partial charge in [-0.3, -0.25) is 4.98 Å². The summed E-state index contributed by atoms with van der Waals surface area (Å²) in [5, 5.41) is 0. The third-order valence-corrected chi connectivity index (χ3v) is 5.10.